The van der Waals surface area contributed by atoms with Gasteiger partial charge in [0.15, 0.2) is 21.3 Å². The number of ether oxygens (including phenoxy) is 2. The van der Waals surface area contributed by atoms with Crippen LogP contribution in [0, 0.1) is 5.92 Å². The summed E-state index contributed by atoms with van der Waals surface area (Å²) in [5.74, 6) is 1.14. The third kappa shape index (κ3) is 4.73. The second-order valence-corrected chi connectivity index (χ2v) is 9.71. The highest BCUT2D eigenvalue weighted by Crippen LogP contribution is 2.33. The second-order valence-electron chi connectivity index (χ2n) is 7.67. The van der Waals surface area contributed by atoms with Gasteiger partial charge in [0.1, 0.15) is 13.2 Å². The molecule has 2 aromatic rings. The molecular weight excluding hydrogens is 419 g/mol. The van der Waals surface area contributed by atoms with Crippen molar-refractivity contribution in [2.24, 2.45) is 5.92 Å². The largest absolute Gasteiger partial charge is 0.486 e. The number of nitrogens with zero attached hydrogens (tertiary/aromatic N) is 1. The molecule has 162 valence electrons. The molecule has 1 fully saturated rings. The van der Waals surface area contributed by atoms with Crippen LogP contribution < -0.4 is 9.47 Å². The lowest BCUT2D eigenvalue weighted by Gasteiger charge is -2.21. The molecule has 0 aromatic heterocycles. The van der Waals surface area contributed by atoms with Crippen LogP contribution in [0.5, 0.6) is 11.5 Å². The zero-order chi connectivity index (χ0) is 21.4. The molecule has 1 saturated heterocycles. The molecule has 0 spiro atoms. The van der Waals surface area contributed by atoms with Crippen LogP contribution in [0.2, 0.25) is 0 Å². The van der Waals surface area contributed by atoms with Gasteiger partial charge in [-0.2, -0.15) is 13.2 Å². The van der Waals surface area contributed by atoms with Crippen molar-refractivity contribution in [3.8, 4) is 11.5 Å². The molecule has 2 aliphatic rings. The molecule has 1 atom stereocenters. The van der Waals surface area contributed by atoms with Crippen molar-refractivity contribution in [2.45, 2.75) is 24.0 Å². The van der Waals surface area contributed by atoms with Gasteiger partial charge in [-0.3, -0.25) is 4.90 Å². The van der Waals surface area contributed by atoms with Crippen molar-refractivity contribution in [3.63, 3.8) is 0 Å². The Labute approximate surface area is 173 Å². The first-order chi connectivity index (χ1) is 14.2. The predicted octanol–water partition coefficient (Wildman–Crippen LogP) is 3.77. The van der Waals surface area contributed by atoms with E-state index in [4.69, 9.17) is 9.47 Å². The topological polar surface area (TPSA) is 55.8 Å². The maximum absolute atomic E-state index is 12.9. The summed E-state index contributed by atoms with van der Waals surface area (Å²) in [5, 5.41) is 0. The lowest BCUT2D eigenvalue weighted by Crippen LogP contribution is -2.23. The first-order valence-electron chi connectivity index (χ1n) is 9.72. The van der Waals surface area contributed by atoms with Gasteiger partial charge in [-0.25, -0.2) is 8.42 Å². The number of alkyl halides is 3. The van der Waals surface area contributed by atoms with Crippen LogP contribution >= 0.6 is 0 Å². The van der Waals surface area contributed by atoms with Crippen LogP contribution in [0.25, 0.3) is 0 Å². The SMILES string of the molecule is O=S(=O)(C[C@@H]1CCN(Cc2ccc3c(c2)OCCO3)C1)c1cccc(C(F)(F)F)c1. The maximum atomic E-state index is 12.9. The van der Waals surface area contributed by atoms with Gasteiger partial charge in [0.2, 0.25) is 0 Å². The highest BCUT2D eigenvalue weighted by molar-refractivity contribution is 7.91. The Morgan fingerprint density at radius 1 is 1.03 bits per heavy atom. The first-order valence-corrected chi connectivity index (χ1v) is 11.4. The van der Waals surface area contributed by atoms with Crippen LogP contribution in [0.3, 0.4) is 0 Å². The third-order valence-electron chi connectivity index (χ3n) is 5.36. The highest BCUT2D eigenvalue weighted by atomic mass is 32.2. The number of sulfone groups is 1. The fourth-order valence-electron chi connectivity index (χ4n) is 3.91. The van der Waals surface area contributed by atoms with E-state index in [1.165, 1.54) is 6.07 Å². The maximum Gasteiger partial charge on any atom is 0.416 e. The molecule has 0 saturated carbocycles. The summed E-state index contributed by atoms with van der Waals surface area (Å²) in [6.07, 6.45) is -3.89. The van der Waals surface area contributed by atoms with E-state index in [9.17, 15) is 21.6 Å². The standard InChI is InChI=1S/C21H22F3NO4S/c22-21(23,24)17-2-1-3-18(11-17)30(26,27)14-16-6-7-25(13-16)12-15-4-5-19-20(10-15)29-9-8-28-19/h1-5,10-11,16H,6-9,12-14H2/t16-/m1/s1. The molecule has 0 amide bonds. The molecule has 9 heteroatoms. The van der Waals surface area contributed by atoms with Gasteiger partial charge in [-0.05, 0) is 54.8 Å². The van der Waals surface area contributed by atoms with Crippen LogP contribution in [0.4, 0.5) is 13.2 Å². The number of hydrogen-bond acceptors (Lipinski definition) is 5. The lowest BCUT2D eigenvalue weighted by molar-refractivity contribution is -0.137. The van der Waals surface area contributed by atoms with Gasteiger partial charge in [0.05, 0.1) is 16.2 Å². The van der Waals surface area contributed by atoms with E-state index in [0.717, 1.165) is 36.1 Å². The average molecular weight is 441 g/mol. The summed E-state index contributed by atoms with van der Waals surface area (Å²) >= 11 is 0. The van der Waals surface area contributed by atoms with Crippen molar-refractivity contribution < 1.29 is 31.1 Å². The zero-order valence-electron chi connectivity index (χ0n) is 16.2. The molecule has 0 unspecified atom stereocenters. The molecule has 0 radical (unpaired) electrons. The predicted molar refractivity (Wildman–Crippen MR) is 104 cm³/mol. The summed E-state index contributed by atoms with van der Waals surface area (Å²) in [5.41, 5.74) is 0.0934. The third-order valence-corrected chi connectivity index (χ3v) is 7.24. The number of halogens is 3. The van der Waals surface area contributed by atoms with Crippen LogP contribution in [0.1, 0.15) is 17.5 Å². The fourth-order valence-corrected chi connectivity index (χ4v) is 5.59. The number of rotatable bonds is 5. The minimum atomic E-state index is -4.57. The second kappa shape index (κ2) is 8.11. The molecule has 30 heavy (non-hydrogen) atoms. The number of likely N-dealkylation sites (tertiary alicyclic amines) is 1. The Morgan fingerprint density at radius 2 is 1.80 bits per heavy atom. The van der Waals surface area contributed by atoms with E-state index >= 15 is 0 Å². The molecule has 2 aromatic carbocycles. The molecule has 5 nitrogen and oxygen atoms in total. The van der Waals surface area contributed by atoms with Gasteiger partial charge in [0.25, 0.3) is 0 Å². The molecule has 0 N–H and O–H groups in total. The number of hydrogen-bond donors (Lipinski definition) is 0. The molecule has 0 bridgehead atoms. The Bertz CT molecular complexity index is 1020. The summed E-state index contributed by atoms with van der Waals surface area (Å²) in [6.45, 7) is 3.00. The average Bonchev–Trinajstić information content (AvgIpc) is 3.13. The fraction of sp³-hybridized carbons (Fsp3) is 0.429. The van der Waals surface area contributed by atoms with Crippen LogP contribution in [0.15, 0.2) is 47.4 Å². The first kappa shape index (κ1) is 21.0. The normalized spacial score (nSPS) is 19.8. The lowest BCUT2D eigenvalue weighted by atomic mass is 10.1. The minimum absolute atomic E-state index is 0.123. The van der Waals surface area contributed by atoms with E-state index in [0.29, 0.717) is 38.5 Å². The van der Waals surface area contributed by atoms with E-state index in [2.05, 4.69) is 4.90 Å². The number of fused-ring (bicyclic) bond motifs is 1. The Kier molecular flexibility index (Phi) is 5.67. The van der Waals surface area contributed by atoms with E-state index in [1.54, 1.807) is 0 Å². The van der Waals surface area contributed by atoms with Gasteiger partial charge in [-0.1, -0.05) is 12.1 Å². The molecular formula is C21H22F3NO4S. The smallest absolute Gasteiger partial charge is 0.416 e. The van der Waals surface area contributed by atoms with Crippen molar-refractivity contribution in [1.82, 2.24) is 4.90 Å². The summed E-state index contributed by atoms with van der Waals surface area (Å²) < 4.78 is 75.2. The Hall–Kier alpha value is -2.26. The van der Waals surface area contributed by atoms with Gasteiger partial charge in [-0.15, -0.1) is 0 Å². The van der Waals surface area contributed by atoms with Gasteiger partial charge < -0.3 is 9.47 Å². The monoisotopic (exact) mass is 441 g/mol. The molecule has 4 rings (SSSR count). The summed E-state index contributed by atoms with van der Waals surface area (Å²) in [4.78, 5) is 1.88. The van der Waals surface area contributed by atoms with Crippen molar-refractivity contribution in [1.29, 1.82) is 0 Å². The van der Waals surface area contributed by atoms with Crippen molar-refractivity contribution >= 4 is 9.84 Å². The zero-order valence-corrected chi connectivity index (χ0v) is 17.0. The van der Waals surface area contributed by atoms with Gasteiger partial charge in [0, 0.05) is 13.1 Å². The Balaban J connectivity index is 1.39. The van der Waals surface area contributed by atoms with Crippen molar-refractivity contribution in [3.05, 3.63) is 53.6 Å². The quantitative estimate of drug-likeness (QED) is 0.707. The molecule has 0 aliphatic carbocycles. The molecule has 2 heterocycles. The van der Waals surface area contributed by atoms with Gasteiger partial charge >= 0.3 is 6.18 Å². The van der Waals surface area contributed by atoms with E-state index < -0.39 is 21.6 Å². The van der Waals surface area contributed by atoms with Crippen LogP contribution in [-0.2, 0) is 22.6 Å². The summed E-state index contributed by atoms with van der Waals surface area (Å²) in [7, 11) is -3.80. The highest BCUT2D eigenvalue weighted by Gasteiger charge is 2.33. The van der Waals surface area contributed by atoms with E-state index in [1.807, 2.05) is 18.2 Å². The molecule has 2 aliphatic heterocycles. The Morgan fingerprint density at radius 3 is 2.57 bits per heavy atom. The minimum Gasteiger partial charge on any atom is -0.486 e. The van der Waals surface area contributed by atoms with E-state index in [-0.39, 0.29) is 16.6 Å². The van der Waals surface area contributed by atoms with Crippen molar-refractivity contribution in [2.75, 3.05) is 32.1 Å². The summed E-state index contributed by atoms with van der Waals surface area (Å²) in [6, 6.07) is 9.73. The number of benzene rings is 2. The van der Waals surface area contributed by atoms with Crippen LogP contribution in [-0.4, -0.2) is 45.4 Å².